The van der Waals surface area contributed by atoms with Crippen molar-refractivity contribution in [1.82, 2.24) is 0 Å². The van der Waals surface area contributed by atoms with Gasteiger partial charge in [0, 0.05) is 24.0 Å². The Morgan fingerprint density at radius 2 is 1.24 bits per heavy atom. The molecule has 5 nitrogen and oxygen atoms in total. The van der Waals surface area contributed by atoms with Gasteiger partial charge in [-0.3, -0.25) is 0 Å². The van der Waals surface area contributed by atoms with E-state index < -0.39 is 0 Å². The molecule has 2 unspecified atom stereocenters. The zero-order valence-electron chi connectivity index (χ0n) is 14.5. The monoisotopic (exact) mass is 342 g/mol. The SMILES string of the molecule is COc1ccc(Oc2ccc(OC)cc2CC2CO2)c(CC2CO2)c1. The fourth-order valence-corrected chi connectivity index (χ4v) is 2.86. The lowest BCUT2D eigenvalue weighted by molar-refractivity contribution is 0.392. The van der Waals surface area contributed by atoms with Crippen LogP contribution in [-0.2, 0) is 22.3 Å². The highest BCUT2D eigenvalue weighted by Crippen LogP contribution is 2.35. The molecule has 25 heavy (non-hydrogen) atoms. The molecule has 0 aliphatic carbocycles. The minimum Gasteiger partial charge on any atom is -0.497 e. The molecule has 2 aromatic rings. The molecule has 0 saturated carbocycles. The van der Waals surface area contributed by atoms with E-state index in [0.717, 1.165) is 60.2 Å². The molecular formula is C20H22O5. The van der Waals surface area contributed by atoms with Crippen LogP contribution in [0.1, 0.15) is 11.1 Å². The predicted molar refractivity (Wildman–Crippen MR) is 93.0 cm³/mol. The third kappa shape index (κ3) is 4.06. The zero-order valence-corrected chi connectivity index (χ0v) is 14.5. The molecule has 132 valence electrons. The van der Waals surface area contributed by atoms with Crippen molar-refractivity contribution in [2.45, 2.75) is 25.0 Å². The van der Waals surface area contributed by atoms with Crippen LogP contribution >= 0.6 is 0 Å². The van der Waals surface area contributed by atoms with E-state index in [2.05, 4.69) is 0 Å². The topological polar surface area (TPSA) is 52.8 Å². The number of hydrogen-bond acceptors (Lipinski definition) is 5. The number of methoxy groups -OCH3 is 2. The van der Waals surface area contributed by atoms with Gasteiger partial charge in [0.15, 0.2) is 0 Å². The van der Waals surface area contributed by atoms with Crippen LogP contribution in [0.3, 0.4) is 0 Å². The predicted octanol–water partition coefficient (Wildman–Crippen LogP) is 3.38. The molecular weight excluding hydrogens is 320 g/mol. The lowest BCUT2D eigenvalue weighted by Crippen LogP contribution is -2.01. The second-order valence-corrected chi connectivity index (χ2v) is 6.37. The third-order valence-corrected chi connectivity index (χ3v) is 4.46. The summed E-state index contributed by atoms with van der Waals surface area (Å²) in [5.74, 6) is 3.31. The summed E-state index contributed by atoms with van der Waals surface area (Å²) in [7, 11) is 3.34. The summed E-state index contributed by atoms with van der Waals surface area (Å²) in [6, 6.07) is 11.8. The standard InChI is InChI=1S/C20H22O5/c1-21-15-3-5-19(13(7-15)9-17-11-23-17)25-20-6-4-16(22-2)8-14(20)10-18-12-24-18/h3-8,17-18H,9-12H2,1-2H3. The maximum absolute atomic E-state index is 6.27. The number of hydrogen-bond donors (Lipinski definition) is 0. The average molecular weight is 342 g/mol. The van der Waals surface area contributed by atoms with Crippen LogP contribution < -0.4 is 14.2 Å². The normalized spacial score (nSPS) is 20.9. The molecule has 2 fully saturated rings. The molecule has 0 spiro atoms. The van der Waals surface area contributed by atoms with E-state index >= 15 is 0 Å². The number of ether oxygens (including phenoxy) is 5. The van der Waals surface area contributed by atoms with Gasteiger partial charge in [-0.05, 0) is 36.4 Å². The highest BCUT2D eigenvalue weighted by molar-refractivity contribution is 5.47. The van der Waals surface area contributed by atoms with Gasteiger partial charge in [-0.25, -0.2) is 0 Å². The summed E-state index contributed by atoms with van der Waals surface area (Å²) in [6.07, 6.45) is 2.21. The van der Waals surface area contributed by atoms with Crippen molar-refractivity contribution < 1.29 is 23.7 Å². The van der Waals surface area contributed by atoms with E-state index in [0.29, 0.717) is 0 Å². The van der Waals surface area contributed by atoms with Gasteiger partial charge >= 0.3 is 0 Å². The summed E-state index contributed by atoms with van der Waals surface area (Å²) in [6.45, 7) is 1.62. The van der Waals surface area contributed by atoms with Gasteiger partial charge in [-0.15, -0.1) is 0 Å². The molecule has 2 aromatic carbocycles. The summed E-state index contributed by atoms with van der Waals surface area (Å²) < 4.78 is 27.7. The van der Waals surface area contributed by atoms with E-state index in [9.17, 15) is 0 Å². The van der Waals surface area contributed by atoms with E-state index in [1.807, 2.05) is 36.4 Å². The van der Waals surface area contributed by atoms with Crippen LogP contribution in [-0.4, -0.2) is 39.6 Å². The first kappa shape index (κ1) is 16.2. The van der Waals surface area contributed by atoms with Gasteiger partial charge in [-0.1, -0.05) is 0 Å². The Morgan fingerprint density at radius 3 is 1.60 bits per heavy atom. The lowest BCUT2D eigenvalue weighted by atomic mass is 10.1. The van der Waals surface area contributed by atoms with Crippen molar-refractivity contribution in [1.29, 1.82) is 0 Å². The first-order chi connectivity index (χ1) is 12.2. The maximum Gasteiger partial charge on any atom is 0.131 e. The van der Waals surface area contributed by atoms with Gasteiger partial charge < -0.3 is 23.7 Å². The van der Waals surface area contributed by atoms with E-state index in [-0.39, 0.29) is 12.2 Å². The molecule has 2 atom stereocenters. The van der Waals surface area contributed by atoms with Crippen LogP contribution in [0.5, 0.6) is 23.0 Å². The molecule has 0 N–H and O–H groups in total. The van der Waals surface area contributed by atoms with Crippen LogP contribution in [0.15, 0.2) is 36.4 Å². The molecule has 0 radical (unpaired) electrons. The average Bonchev–Trinajstić information content (AvgIpc) is 3.54. The maximum atomic E-state index is 6.27. The minimum absolute atomic E-state index is 0.282. The Balaban J connectivity index is 1.62. The summed E-state index contributed by atoms with van der Waals surface area (Å²) in [5, 5.41) is 0. The minimum atomic E-state index is 0.282. The second-order valence-electron chi connectivity index (χ2n) is 6.37. The van der Waals surface area contributed by atoms with E-state index in [1.165, 1.54) is 0 Å². The highest BCUT2D eigenvalue weighted by Gasteiger charge is 2.26. The van der Waals surface area contributed by atoms with Crippen LogP contribution in [0, 0.1) is 0 Å². The Bertz CT molecular complexity index is 686. The highest BCUT2D eigenvalue weighted by atomic mass is 16.6. The molecule has 0 aromatic heterocycles. The van der Waals surface area contributed by atoms with Gasteiger partial charge in [-0.2, -0.15) is 0 Å². The molecule has 2 aliphatic rings. The van der Waals surface area contributed by atoms with E-state index in [1.54, 1.807) is 14.2 Å². The molecule has 2 heterocycles. The largest absolute Gasteiger partial charge is 0.497 e. The van der Waals surface area contributed by atoms with Crippen molar-refractivity contribution in [3.63, 3.8) is 0 Å². The van der Waals surface area contributed by atoms with Crippen LogP contribution in [0.4, 0.5) is 0 Å². The molecule has 2 aliphatic heterocycles. The first-order valence-corrected chi connectivity index (χ1v) is 8.50. The zero-order chi connectivity index (χ0) is 17.2. The molecule has 5 heteroatoms. The molecule has 2 saturated heterocycles. The lowest BCUT2D eigenvalue weighted by Gasteiger charge is -2.15. The smallest absolute Gasteiger partial charge is 0.131 e. The number of epoxide rings is 2. The van der Waals surface area contributed by atoms with Crippen molar-refractivity contribution >= 4 is 0 Å². The molecule has 0 bridgehead atoms. The fraction of sp³-hybridized carbons (Fsp3) is 0.400. The van der Waals surface area contributed by atoms with Crippen LogP contribution in [0.2, 0.25) is 0 Å². The van der Waals surface area contributed by atoms with Gasteiger partial charge in [0.25, 0.3) is 0 Å². The fourth-order valence-electron chi connectivity index (χ4n) is 2.86. The van der Waals surface area contributed by atoms with Gasteiger partial charge in [0.2, 0.25) is 0 Å². The van der Waals surface area contributed by atoms with Gasteiger partial charge in [0.1, 0.15) is 23.0 Å². The Hall–Kier alpha value is -2.24. The van der Waals surface area contributed by atoms with Crippen LogP contribution in [0.25, 0.3) is 0 Å². The van der Waals surface area contributed by atoms with Crippen molar-refractivity contribution in [3.05, 3.63) is 47.5 Å². The summed E-state index contributed by atoms with van der Waals surface area (Å²) in [4.78, 5) is 0. The van der Waals surface area contributed by atoms with Gasteiger partial charge in [0.05, 0.1) is 39.6 Å². The Kier molecular flexibility index (Phi) is 4.51. The Labute approximate surface area is 147 Å². The molecule has 4 rings (SSSR count). The third-order valence-electron chi connectivity index (χ3n) is 4.46. The molecule has 0 amide bonds. The number of benzene rings is 2. The summed E-state index contributed by atoms with van der Waals surface area (Å²) >= 11 is 0. The number of rotatable bonds is 8. The van der Waals surface area contributed by atoms with Crippen molar-refractivity contribution in [2.75, 3.05) is 27.4 Å². The first-order valence-electron chi connectivity index (χ1n) is 8.50. The second kappa shape index (κ2) is 6.94. The van der Waals surface area contributed by atoms with Crippen molar-refractivity contribution in [2.24, 2.45) is 0 Å². The van der Waals surface area contributed by atoms with E-state index in [4.69, 9.17) is 23.7 Å². The summed E-state index contributed by atoms with van der Waals surface area (Å²) in [5.41, 5.74) is 2.18. The Morgan fingerprint density at radius 1 is 0.800 bits per heavy atom. The quantitative estimate of drug-likeness (QED) is 0.689. The van der Waals surface area contributed by atoms with Crippen molar-refractivity contribution in [3.8, 4) is 23.0 Å².